The van der Waals surface area contributed by atoms with Crippen molar-refractivity contribution in [3.63, 3.8) is 0 Å². The molecule has 0 amide bonds. The van der Waals surface area contributed by atoms with Crippen LogP contribution in [0.15, 0.2) is 72.8 Å². The van der Waals surface area contributed by atoms with Gasteiger partial charge >= 0.3 is 0 Å². The Bertz CT molecular complexity index is 3420. The summed E-state index contributed by atoms with van der Waals surface area (Å²) in [5.74, 6) is 0.604. The molecule has 10 aromatic rings. The smallest absolute Gasteiger partial charge is 0.134 e. The van der Waals surface area contributed by atoms with Gasteiger partial charge < -0.3 is 0 Å². The minimum Gasteiger partial charge on any atom is -0.206 e. The Morgan fingerprint density at radius 3 is 1.22 bits per heavy atom. The normalized spacial score (nSPS) is 13.8. The van der Waals surface area contributed by atoms with Crippen molar-refractivity contribution < 1.29 is 8.78 Å². The molecular formula is C64H72F2N4S8Si. The molecule has 1 aliphatic heterocycles. The van der Waals surface area contributed by atoms with Crippen molar-refractivity contribution in [2.45, 2.75) is 169 Å². The van der Waals surface area contributed by atoms with Crippen molar-refractivity contribution in [2.75, 3.05) is 0 Å². The molecule has 0 saturated carbocycles. The lowest BCUT2D eigenvalue weighted by Gasteiger charge is -2.35. The lowest BCUT2D eigenvalue weighted by atomic mass is 10.0. The van der Waals surface area contributed by atoms with Gasteiger partial charge in [-0.3, -0.25) is 0 Å². The third kappa shape index (κ3) is 11.7. The first-order valence-corrected chi connectivity index (χ1v) is 38.0. The first kappa shape index (κ1) is 57.2. The van der Waals surface area contributed by atoms with E-state index in [1.54, 1.807) is 57.5 Å². The number of rotatable bonds is 28. The zero-order valence-corrected chi connectivity index (χ0v) is 54.1. The van der Waals surface area contributed by atoms with E-state index in [0.29, 0.717) is 34.0 Å². The molecule has 4 nitrogen and oxygen atoms in total. The molecule has 79 heavy (non-hydrogen) atoms. The van der Waals surface area contributed by atoms with Gasteiger partial charge in [0.25, 0.3) is 0 Å². The predicted octanol–water partition coefficient (Wildman–Crippen LogP) is 22.6. The molecule has 414 valence electrons. The molecule has 1 aliphatic rings. The first-order valence-electron chi connectivity index (χ1n) is 29.3. The summed E-state index contributed by atoms with van der Waals surface area (Å²) in [6.07, 6.45) is 21.7. The van der Waals surface area contributed by atoms with Gasteiger partial charge in [0, 0.05) is 69.7 Å². The molecular weight excluding hydrogens is 1150 g/mol. The fourth-order valence-corrected chi connectivity index (χ4v) is 28.2. The maximum atomic E-state index is 17.5. The molecule has 8 aromatic heterocycles. The summed E-state index contributed by atoms with van der Waals surface area (Å²) in [4.78, 5) is 14.1. The second kappa shape index (κ2) is 25.9. The first-order chi connectivity index (χ1) is 38.7. The van der Waals surface area contributed by atoms with Gasteiger partial charge in [-0.05, 0) is 133 Å². The SMILES string of the molecule is CCCCCCc1ccc(-c2ccc(-c3cc(F)c(-c4cc5c(s4)-c4sc(-c6c(F)cc(-c7ccc(-c8ccc(CCCCCC)s8)s7)c7nsnc67)cc4[Si]5(CC(CC)CCCC)CC(CC)CCCC)c4nsnc34)s2)s1. The summed E-state index contributed by atoms with van der Waals surface area (Å²) >= 11 is 13.0. The summed E-state index contributed by atoms with van der Waals surface area (Å²) in [5.41, 5.74) is 5.53. The highest BCUT2D eigenvalue weighted by Gasteiger charge is 2.50. The predicted molar refractivity (Wildman–Crippen MR) is 351 cm³/mol. The second-order valence-electron chi connectivity index (χ2n) is 22.0. The minimum atomic E-state index is -2.60. The van der Waals surface area contributed by atoms with Crippen LogP contribution >= 0.6 is 91.5 Å². The zero-order chi connectivity index (χ0) is 54.6. The number of aromatic nitrogens is 4. The summed E-state index contributed by atoms with van der Waals surface area (Å²) < 4.78 is 54.6. The second-order valence-corrected chi connectivity index (χ2v) is 33.7. The average molecular weight is 1220 g/mol. The monoisotopic (exact) mass is 1220 g/mol. The number of nitrogens with zero attached hydrogens (tertiary/aromatic N) is 4. The van der Waals surface area contributed by atoms with E-state index in [0.717, 1.165) is 79.4 Å². The molecule has 0 N–H and O–H groups in total. The van der Waals surface area contributed by atoms with Gasteiger partial charge in [-0.25, -0.2) is 8.78 Å². The number of benzene rings is 2. The van der Waals surface area contributed by atoms with Crippen LogP contribution < -0.4 is 10.4 Å². The van der Waals surface area contributed by atoms with Crippen LogP contribution in [0.1, 0.15) is 154 Å². The highest BCUT2D eigenvalue weighted by Crippen LogP contribution is 2.52. The van der Waals surface area contributed by atoms with Crippen molar-refractivity contribution in [2.24, 2.45) is 11.8 Å². The molecule has 0 bridgehead atoms. The quantitative estimate of drug-likeness (QED) is 0.0362. The lowest BCUT2D eigenvalue weighted by Crippen LogP contribution is -2.56. The van der Waals surface area contributed by atoms with Gasteiger partial charge in [0.2, 0.25) is 0 Å². The van der Waals surface area contributed by atoms with Crippen LogP contribution in [0.2, 0.25) is 12.1 Å². The van der Waals surface area contributed by atoms with E-state index in [-0.39, 0.29) is 11.6 Å². The summed E-state index contributed by atoms with van der Waals surface area (Å²) in [6.45, 7) is 13.9. The summed E-state index contributed by atoms with van der Waals surface area (Å²) in [5, 5.41) is 2.90. The Balaban J connectivity index is 0.992. The van der Waals surface area contributed by atoms with E-state index in [9.17, 15) is 0 Å². The third-order valence-electron chi connectivity index (χ3n) is 16.6. The van der Waals surface area contributed by atoms with Gasteiger partial charge in [-0.2, -0.15) is 17.5 Å². The van der Waals surface area contributed by atoms with E-state index >= 15 is 8.78 Å². The van der Waals surface area contributed by atoms with Gasteiger partial charge in [0.15, 0.2) is 0 Å². The van der Waals surface area contributed by atoms with Crippen molar-refractivity contribution in [3.8, 4) is 71.0 Å². The van der Waals surface area contributed by atoms with Crippen LogP contribution in [0.25, 0.3) is 93.1 Å². The molecule has 0 radical (unpaired) electrons. The summed E-state index contributed by atoms with van der Waals surface area (Å²) in [7, 11) is -2.60. The van der Waals surface area contributed by atoms with Crippen LogP contribution in [0, 0.1) is 23.5 Å². The molecule has 0 spiro atoms. The number of fused-ring (bicyclic) bond motifs is 5. The molecule has 15 heteroatoms. The van der Waals surface area contributed by atoms with E-state index < -0.39 is 8.07 Å². The minimum absolute atomic E-state index is 0.255. The Hall–Kier alpha value is -3.64. The standard InChI is InChI=1S/C64H72F2N4S8Si/c1-7-13-17-19-23-41-25-27-49(71-41)51-31-29-47(73-51)43-33-45(65)57(61-59(43)67-77-69-61)53-35-55-63(75-53)64-56(79(55,37-39(11-5)21-15-9-3)38-40(12-6)22-16-10-4)36-54(76-64)58-46(66)34-44(60-62(58)70-78-68-60)48-30-32-52(74-48)50-28-26-42(72-50)24-20-18-14-8-2/h25-36,39-40H,7-24,37-38H2,1-6H3. The fourth-order valence-electron chi connectivity index (χ4n) is 12.3. The van der Waals surface area contributed by atoms with E-state index in [2.05, 4.69) is 102 Å². The molecule has 0 fully saturated rings. The van der Waals surface area contributed by atoms with Crippen molar-refractivity contribution in [3.05, 3.63) is 94.2 Å². The summed E-state index contributed by atoms with van der Waals surface area (Å²) in [6, 6.07) is 28.3. The van der Waals surface area contributed by atoms with Gasteiger partial charge in [0.05, 0.1) is 34.6 Å². The van der Waals surface area contributed by atoms with Crippen LogP contribution in [-0.2, 0) is 12.8 Å². The highest BCUT2D eigenvalue weighted by molar-refractivity contribution is 7.32. The molecule has 0 saturated heterocycles. The Morgan fingerprint density at radius 2 is 0.797 bits per heavy atom. The van der Waals surface area contributed by atoms with Gasteiger partial charge in [-0.1, -0.05) is 131 Å². The van der Waals surface area contributed by atoms with Gasteiger partial charge in [0.1, 0.15) is 41.8 Å². The van der Waals surface area contributed by atoms with Crippen LogP contribution in [0.3, 0.4) is 0 Å². The molecule has 2 atom stereocenters. The highest BCUT2D eigenvalue weighted by atomic mass is 32.1. The maximum Gasteiger partial charge on any atom is 0.134 e. The molecule has 2 aromatic carbocycles. The van der Waals surface area contributed by atoms with E-state index in [1.807, 2.05) is 22.7 Å². The van der Waals surface area contributed by atoms with Crippen LogP contribution in [-0.4, -0.2) is 25.6 Å². The van der Waals surface area contributed by atoms with Crippen LogP contribution in [0.5, 0.6) is 0 Å². The molecule has 2 unspecified atom stereocenters. The van der Waals surface area contributed by atoms with Crippen molar-refractivity contribution in [1.82, 2.24) is 17.5 Å². The molecule has 11 rings (SSSR count). The fraction of sp³-hybridized carbons (Fsp3) is 0.438. The van der Waals surface area contributed by atoms with Crippen LogP contribution in [0.4, 0.5) is 8.78 Å². The van der Waals surface area contributed by atoms with Gasteiger partial charge in [-0.15, -0.1) is 68.0 Å². The Morgan fingerprint density at radius 1 is 0.405 bits per heavy atom. The largest absolute Gasteiger partial charge is 0.206 e. The number of unbranched alkanes of at least 4 members (excludes halogenated alkanes) is 8. The Labute approximate surface area is 500 Å². The maximum absolute atomic E-state index is 17.5. The van der Waals surface area contributed by atoms with Crippen molar-refractivity contribution >= 4 is 132 Å². The topological polar surface area (TPSA) is 51.6 Å². The molecule has 9 heterocycles. The Kier molecular flexibility index (Phi) is 18.7. The lowest BCUT2D eigenvalue weighted by molar-refractivity contribution is 0.469. The number of thiophene rings is 6. The molecule has 0 aliphatic carbocycles. The number of hydrogen-bond acceptors (Lipinski definition) is 12. The average Bonchev–Trinajstić information content (AvgIpc) is 3.45. The van der Waals surface area contributed by atoms with E-state index in [1.165, 1.54) is 163 Å². The zero-order valence-electron chi connectivity index (χ0n) is 46.5. The van der Waals surface area contributed by atoms with Crippen molar-refractivity contribution in [1.29, 1.82) is 0 Å². The van der Waals surface area contributed by atoms with E-state index in [4.69, 9.17) is 17.5 Å². The third-order valence-corrected chi connectivity index (χ3v) is 30.8. The number of halogens is 2. The number of aryl methyl sites for hydroxylation is 2. The number of hydrogen-bond donors (Lipinski definition) is 0.